The van der Waals surface area contributed by atoms with Crippen LogP contribution in [-0.4, -0.2) is 9.55 Å². The van der Waals surface area contributed by atoms with Crippen LogP contribution in [0.5, 0.6) is 0 Å². The van der Waals surface area contributed by atoms with Crippen LogP contribution in [0.1, 0.15) is 5.56 Å². The molecule has 0 amide bonds. The molecule has 0 bridgehead atoms. The molecule has 0 atom stereocenters. The minimum atomic E-state index is -0.223. The number of H-pyrrole nitrogens is 1. The number of para-hydroxylation sites is 1. The van der Waals surface area contributed by atoms with Crippen molar-refractivity contribution in [2.45, 2.75) is 6.92 Å². The summed E-state index contributed by atoms with van der Waals surface area (Å²) in [4.78, 5) is 3.06. The highest BCUT2D eigenvalue weighted by Crippen LogP contribution is 2.25. The Morgan fingerprint density at radius 2 is 2.00 bits per heavy atom. The number of aromatic nitrogens is 2. The van der Waals surface area contributed by atoms with Crippen LogP contribution in [0.25, 0.3) is 16.7 Å². The number of halogens is 2. The van der Waals surface area contributed by atoms with Gasteiger partial charge in [0.15, 0.2) is 4.77 Å². The monoisotopic (exact) mass is 384 g/mol. The number of imidazole rings is 1. The molecule has 19 heavy (non-hydrogen) atoms. The van der Waals surface area contributed by atoms with E-state index in [0.717, 1.165) is 14.8 Å². The van der Waals surface area contributed by atoms with Crippen molar-refractivity contribution < 1.29 is 4.39 Å². The zero-order valence-electron chi connectivity index (χ0n) is 10.1. The predicted octanol–water partition coefficient (Wildman–Crippen LogP) is 4.74. The largest absolute Gasteiger partial charge is 0.330 e. The third-order valence-corrected chi connectivity index (χ3v) is 4.25. The fraction of sp³-hybridized carbons (Fsp3) is 0.0714. The lowest BCUT2D eigenvalue weighted by molar-refractivity contribution is 0.620. The molecule has 0 saturated heterocycles. The van der Waals surface area contributed by atoms with Crippen molar-refractivity contribution in [2.24, 2.45) is 0 Å². The Labute approximate surface area is 128 Å². The van der Waals surface area contributed by atoms with Crippen molar-refractivity contribution in [1.29, 1.82) is 0 Å². The van der Waals surface area contributed by atoms with Gasteiger partial charge in [0.2, 0.25) is 0 Å². The van der Waals surface area contributed by atoms with Gasteiger partial charge in [0.25, 0.3) is 0 Å². The zero-order chi connectivity index (χ0) is 13.6. The van der Waals surface area contributed by atoms with Gasteiger partial charge in [0, 0.05) is 3.57 Å². The summed E-state index contributed by atoms with van der Waals surface area (Å²) in [6.07, 6.45) is 0. The molecule has 96 valence electrons. The Morgan fingerprint density at radius 1 is 1.26 bits per heavy atom. The van der Waals surface area contributed by atoms with E-state index in [1.54, 1.807) is 6.92 Å². The van der Waals surface area contributed by atoms with Crippen molar-refractivity contribution in [1.82, 2.24) is 9.55 Å². The maximum atomic E-state index is 13.6. The second-order valence-corrected chi connectivity index (χ2v) is 5.88. The smallest absolute Gasteiger partial charge is 0.182 e. The van der Waals surface area contributed by atoms with E-state index >= 15 is 0 Å². The quantitative estimate of drug-likeness (QED) is 0.475. The lowest BCUT2D eigenvalue weighted by Gasteiger charge is -2.07. The lowest BCUT2D eigenvalue weighted by Crippen LogP contribution is -1.97. The van der Waals surface area contributed by atoms with Gasteiger partial charge in [-0.1, -0.05) is 12.1 Å². The van der Waals surface area contributed by atoms with Crippen LogP contribution in [-0.2, 0) is 0 Å². The van der Waals surface area contributed by atoms with Crippen molar-refractivity contribution in [2.75, 3.05) is 0 Å². The van der Waals surface area contributed by atoms with Crippen LogP contribution < -0.4 is 0 Å². The molecular weight excluding hydrogens is 374 g/mol. The summed E-state index contributed by atoms with van der Waals surface area (Å²) in [5.74, 6) is -0.223. The summed E-state index contributed by atoms with van der Waals surface area (Å²) >= 11 is 7.63. The van der Waals surface area contributed by atoms with E-state index in [4.69, 9.17) is 12.2 Å². The highest BCUT2D eigenvalue weighted by Gasteiger charge is 2.11. The Morgan fingerprint density at radius 3 is 2.74 bits per heavy atom. The van der Waals surface area contributed by atoms with Crippen LogP contribution in [0, 0.1) is 21.1 Å². The van der Waals surface area contributed by atoms with Gasteiger partial charge in [-0.05, 0) is 71.6 Å². The summed E-state index contributed by atoms with van der Waals surface area (Å²) in [5.41, 5.74) is 3.23. The molecule has 0 aliphatic carbocycles. The number of hydrogen-bond acceptors (Lipinski definition) is 1. The van der Waals surface area contributed by atoms with Crippen molar-refractivity contribution in [3.05, 3.63) is 56.1 Å². The van der Waals surface area contributed by atoms with Gasteiger partial charge in [0.1, 0.15) is 5.82 Å². The van der Waals surface area contributed by atoms with E-state index in [0.29, 0.717) is 15.9 Å². The highest BCUT2D eigenvalue weighted by molar-refractivity contribution is 14.1. The Kier molecular flexibility index (Phi) is 3.18. The first kappa shape index (κ1) is 12.8. The number of hydrogen-bond donors (Lipinski definition) is 1. The Hall–Kier alpha value is -1.21. The van der Waals surface area contributed by atoms with Crippen LogP contribution in [0.15, 0.2) is 36.4 Å². The average Bonchev–Trinajstić information content (AvgIpc) is 2.66. The number of fused-ring (bicyclic) bond motifs is 1. The molecule has 0 aliphatic rings. The summed E-state index contributed by atoms with van der Waals surface area (Å²) in [6.45, 7) is 1.76. The second kappa shape index (κ2) is 4.72. The topological polar surface area (TPSA) is 20.7 Å². The van der Waals surface area contributed by atoms with E-state index in [9.17, 15) is 4.39 Å². The standard InChI is InChI=1S/C14H10FIN2S/c1-8-6-13-11(7-9(8)15)17-14(19)18(13)12-5-3-2-4-10(12)16/h2-7H,1H3,(H,17,19). The molecule has 0 spiro atoms. The number of nitrogens with one attached hydrogen (secondary N) is 1. The molecule has 0 radical (unpaired) electrons. The number of benzene rings is 2. The summed E-state index contributed by atoms with van der Waals surface area (Å²) in [5, 5.41) is 0. The first-order valence-corrected chi connectivity index (χ1v) is 7.22. The maximum Gasteiger partial charge on any atom is 0.182 e. The summed E-state index contributed by atoms with van der Waals surface area (Å²) in [7, 11) is 0. The van der Waals surface area contributed by atoms with Crippen LogP contribution >= 0.6 is 34.8 Å². The van der Waals surface area contributed by atoms with Gasteiger partial charge in [-0.3, -0.25) is 4.57 Å². The first-order chi connectivity index (χ1) is 9.08. The third kappa shape index (κ3) is 2.10. The maximum absolute atomic E-state index is 13.6. The van der Waals surface area contributed by atoms with E-state index in [2.05, 4.69) is 27.6 Å². The molecule has 2 aromatic carbocycles. The summed E-state index contributed by atoms with van der Waals surface area (Å²) < 4.78 is 17.2. The van der Waals surface area contributed by atoms with E-state index in [-0.39, 0.29) is 5.82 Å². The minimum absolute atomic E-state index is 0.223. The molecule has 0 saturated carbocycles. The number of aromatic amines is 1. The molecule has 2 nitrogen and oxygen atoms in total. The number of nitrogens with zero attached hydrogens (tertiary/aromatic N) is 1. The van der Waals surface area contributed by atoms with E-state index in [1.165, 1.54) is 6.07 Å². The third-order valence-electron chi connectivity index (χ3n) is 3.06. The summed E-state index contributed by atoms with van der Waals surface area (Å²) in [6, 6.07) is 11.3. The molecule has 0 aliphatic heterocycles. The van der Waals surface area contributed by atoms with E-state index in [1.807, 2.05) is 34.9 Å². The highest BCUT2D eigenvalue weighted by atomic mass is 127. The predicted molar refractivity (Wildman–Crippen MR) is 85.9 cm³/mol. The van der Waals surface area contributed by atoms with Crippen molar-refractivity contribution in [3.63, 3.8) is 0 Å². The van der Waals surface area contributed by atoms with Gasteiger partial charge in [-0.25, -0.2) is 4.39 Å². The van der Waals surface area contributed by atoms with Crippen molar-refractivity contribution in [3.8, 4) is 5.69 Å². The van der Waals surface area contributed by atoms with Gasteiger partial charge >= 0.3 is 0 Å². The van der Waals surface area contributed by atoms with Gasteiger partial charge in [-0.15, -0.1) is 0 Å². The molecule has 3 aromatic rings. The molecule has 5 heteroatoms. The van der Waals surface area contributed by atoms with Crippen LogP contribution in [0.4, 0.5) is 4.39 Å². The zero-order valence-corrected chi connectivity index (χ0v) is 13.0. The number of aryl methyl sites for hydroxylation is 1. The van der Waals surface area contributed by atoms with Gasteiger partial charge < -0.3 is 4.98 Å². The fourth-order valence-corrected chi connectivity index (χ4v) is 3.04. The van der Waals surface area contributed by atoms with E-state index < -0.39 is 0 Å². The van der Waals surface area contributed by atoms with Crippen LogP contribution in [0.3, 0.4) is 0 Å². The molecule has 0 fully saturated rings. The molecular formula is C14H10FIN2S. The Bertz CT molecular complexity index is 835. The SMILES string of the molecule is Cc1cc2c(cc1F)[nH]c(=S)n2-c1ccccc1I. The molecule has 1 N–H and O–H groups in total. The van der Waals surface area contributed by atoms with Gasteiger partial charge in [0.05, 0.1) is 16.7 Å². The molecule has 3 rings (SSSR count). The molecule has 1 heterocycles. The molecule has 0 unspecified atom stereocenters. The minimum Gasteiger partial charge on any atom is -0.330 e. The molecule has 1 aromatic heterocycles. The van der Waals surface area contributed by atoms with Gasteiger partial charge in [-0.2, -0.15) is 0 Å². The second-order valence-electron chi connectivity index (χ2n) is 4.34. The van der Waals surface area contributed by atoms with Crippen molar-refractivity contribution >= 4 is 45.8 Å². The number of rotatable bonds is 1. The normalized spacial score (nSPS) is 11.1. The average molecular weight is 384 g/mol. The fourth-order valence-electron chi connectivity index (χ4n) is 2.10. The first-order valence-electron chi connectivity index (χ1n) is 5.73. The van der Waals surface area contributed by atoms with Crippen LogP contribution in [0.2, 0.25) is 0 Å². The Balaban J connectivity index is 2.42. The lowest BCUT2D eigenvalue weighted by atomic mass is 10.2.